The Morgan fingerprint density at radius 3 is 2.62 bits per heavy atom. The molecule has 0 aromatic heterocycles. The first-order valence-electron chi connectivity index (χ1n) is 4.13. The minimum Gasteiger partial charge on any atom is -0.398 e. The van der Waals surface area contributed by atoms with E-state index in [-0.39, 0.29) is 5.82 Å². The van der Waals surface area contributed by atoms with Gasteiger partial charge < -0.3 is 5.73 Å². The minimum absolute atomic E-state index is 0.215. The number of halogens is 1. The zero-order chi connectivity index (χ0) is 9.42. The van der Waals surface area contributed by atoms with Crippen molar-refractivity contribution in [1.29, 1.82) is 0 Å². The van der Waals surface area contributed by atoms with Crippen LogP contribution in [0, 0.1) is 12.7 Å². The molecule has 2 heteroatoms. The number of hydrogen-bond acceptors (Lipinski definition) is 1. The van der Waals surface area contributed by atoms with Gasteiger partial charge in [-0.3, -0.25) is 0 Å². The van der Waals surface area contributed by atoms with E-state index >= 15 is 0 Å². The van der Waals surface area contributed by atoms with Crippen molar-refractivity contribution in [3.63, 3.8) is 0 Å². The maximum Gasteiger partial charge on any atom is 0.131 e. The van der Waals surface area contributed by atoms with Crippen molar-refractivity contribution in [2.24, 2.45) is 0 Å². The van der Waals surface area contributed by atoms with E-state index in [0.717, 1.165) is 10.9 Å². The van der Waals surface area contributed by atoms with Gasteiger partial charge in [0.05, 0.1) is 0 Å². The average Bonchev–Trinajstić information content (AvgIpc) is 2.12. The normalized spacial score (nSPS) is 10.6. The average molecular weight is 175 g/mol. The fraction of sp³-hybridized carbons (Fsp3) is 0.0909. The number of fused-ring (bicyclic) bond motifs is 1. The lowest BCUT2D eigenvalue weighted by Crippen LogP contribution is -1.89. The van der Waals surface area contributed by atoms with Crippen LogP contribution in [0.2, 0.25) is 0 Å². The van der Waals surface area contributed by atoms with Crippen molar-refractivity contribution in [3.05, 3.63) is 41.7 Å². The third kappa shape index (κ3) is 1.24. The quantitative estimate of drug-likeness (QED) is 0.612. The monoisotopic (exact) mass is 175 g/mol. The summed E-state index contributed by atoms with van der Waals surface area (Å²) in [7, 11) is 0. The second-order valence-corrected chi connectivity index (χ2v) is 3.19. The molecule has 0 atom stereocenters. The maximum absolute atomic E-state index is 13.3. The Morgan fingerprint density at radius 1 is 1.08 bits per heavy atom. The van der Waals surface area contributed by atoms with Crippen molar-refractivity contribution in [1.82, 2.24) is 0 Å². The number of aryl methyl sites for hydroxylation is 1. The van der Waals surface area contributed by atoms with Gasteiger partial charge in [0.2, 0.25) is 0 Å². The van der Waals surface area contributed by atoms with Crippen LogP contribution in [0.4, 0.5) is 10.1 Å². The number of benzene rings is 2. The van der Waals surface area contributed by atoms with Gasteiger partial charge in [-0.05, 0) is 25.1 Å². The smallest absolute Gasteiger partial charge is 0.131 e. The Bertz CT molecular complexity index is 463. The summed E-state index contributed by atoms with van der Waals surface area (Å²) in [5.74, 6) is -0.215. The van der Waals surface area contributed by atoms with Gasteiger partial charge in [0.1, 0.15) is 5.82 Å². The third-order valence-electron chi connectivity index (χ3n) is 2.15. The zero-order valence-electron chi connectivity index (χ0n) is 7.34. The lowest BCUT2D eigenvalue weighted by atomic mass is 10.1. The first kappa shape index (κ1) is 8.05. The Balaban J connectivity index is 2.92. The van der Waals surface area contributed by atoms with Gasteiger partial charge in [0.15, 0.2) is 0 Å². The van der Waals surface area contributed by atoms with E-state index in [1.807, 2.05) is 19.1 Å². The second kappa shape index (κ2) is 2.73. The molecule has 0 saturated heterocycles. The topological polar surface area (TPSA) is 26.0 Å². The standard InChI is InChI=1S/C11H10FN/c1-7-2-3-8-9(6-7)10(12)4-5-11(8)13/h2-6H,13H2,1H3. The number of nitrogen functional groups attached to an aromatic ring is 1. The van der Waals surface area contributed by atoms with E-state index in [4.69, 9.17) is 5.73 Å². The van der Waals surface area contributed by atoms with Crippen LogP contribution in [0.3, 0.4) is 0 Å². The summed E-state index contributed by atoms with van der Waals surface area (Å²) in [6, 6.07) is 8.58. The molecule has 2 rings (SSSR count). The van der Waals surface area contributed by atoms with Gasteiger partial charge in [-0.25, -0.2) is 4.39 Å². The molecular formula is C11H10FN. The summed E-state index contributed by atoms with van der Waals surface area (Å²) >= 11 is 0. The highest BCUT2D eigenvalue weighted by atomic mass is 19.1. The van der Waals surface area contributed by atoms with E-state index in [1.54, 1.807) is 12.1 Å². The molecule has 2 aromatic rings. The molecule has 0 spiro atoms. The Labute approximate surface area is 76.0 Å². The minimum atomic E-state index is -0.215. The first-order chi connectivity index (χ1) is 6.18. The molecule has 0 saturated carbocycles. The van der Waals surface area contributed by atoms with E-state index < -0.39 is 0 Å². The molecule has 66 valence electrons. The second-order valence-electron chi connectivity index (χ2n) is 3.19. The van der Waals surface area contributed by atoms with Gasteiger partial charge in [0.25, 0.3) is 0 Å². The fourth-order valence-corrected chi connectivity index (χ4v) is 1.45. The molecule has 0 fully saturated rings. The highest BCUT2D eigenvalue weighted by Crippen LogP contribution is 2.24. The Hall–Kier alpha value is -1.57. The largest absolute Gasteiger partial charge is 0.398 e. The molecule has 0 aliphatic carbocycles. The van der Waals surface area contributed by atoms with Crippen LogP contribution in [-0.4, -0.2) is 0 Å². The molecule has 2 aromatic carbocycles. The molecule has 0 unspecified atom stereocenters. The van der Waals surface area contributed by atoms with Crippen molar-refractivity contribution >= 4 is 16.5 Å². The number of rotatable bonds is 0. The van der Waals surface area contributed by atoms with Gasteiger partial charge in [-0.2, -0.15) is 0 Å². The van der Waals surface area contributed by atoms with E-state index in [2.05, 4.69) is 0 Å². The number of hydrogen-bond donors (Lipinski definition) is 1. The summed E-state index contributed by atoms with van der Waals surface area (Å²) in [6.07, 6.45) is 0. The predicted octanol–water partition coefficient (Wildman–Crippen LogP) is 2.87. The molecule has 0 aliphatic heterocycles. The van der Waals surface area contributed by atoms with Gasteiger partial charge in [-0.1, -0.05) is 17.7 Å². The van der Waals surface area contributed by atoms with Crippen molar-refractivity contribution in [3.8, 4) is 0 Å². The van der Waals surface area contributed by atoms with Crippen LogP contribution in [0.5, 0.6) is 0 Å². The molecule has 0 aliphatic rings. The van der Waals surface area contributed by atoms with Crippen LogP contribution < -0.4 is 5.73 Å². The molecule has 0 heterocycles. The van der Waals surface area contributed by atoms with Crippen molar-refractivity contribution < 1.29 is 4.39 Å². The van der Waals surface area contributed by atoms with Crippen LogP contribution in [-0.2, 0) is 0 Å². The number of nitrogens with two attached hydrogens (primary N) is 1. The summed E-state index contributed by atoms with van der Waals surface area (Å²) < 4.78 is 13.3. The Morgan fingerprint density at radius 2 is 1.85 bits per heavy atom. The molecule has 13 heavy (non-hydrogen) atoms. The van der Waals surface area contributed by atoms with Gasteiger partial charge in [0, 0.05) is 16.5 Å². The first-order valence-corrected chi connectivity index (χ1v) is 4.13. The van der Waals surface area contributed by atoms with Gasteiger partial charge in [-0.15, -0.1) is 0 Å². The summed E-state index contributed by atoms with van der Waals surface area (Å²) in [4.78, 5) is 0. The Kier molecular flexibility index (Phi) is 1.69. The molecule has 2 N–H and O–H groups in total. The van der Waals surface area contributed by atoms with Gasteiger partial charge >= 0.3 is 0 Å². The van der Waals surface area contributed by atoms with E-state index in [9.17, 15) is 4.39 Å². The SMILES string of the molecule is Cc1ccc2c(N)ccc(F)c2c1. The molecule has 0 amide bonds. The fourth-order valence-electron chi connectivity index (χ4n) is 1.45. The predicted molar refractivity (Wildman–Crippen MR) is 53.1 cm³/mol. The molecular weight excluding hydrogens is 165 g/mol. The molecule has 0 bridgehead atoms. The molecule has 0 radical (unpaired) electrons. The summed E-state index contributed by atoms with van der Waals surface area (Å²) in [5, 5.41) is 1.38. The van der Waals surface area contributed by atoms with Crippen LogP contribution >= 0.6 is 0 Å². The third-order valence-corrected chi connectivity index (χ3v) is 2.15. The lowest BCUT2D eigenvalue weighted by Gasteiger charge is -2.03. The van der Waals surface area contributed by atoms with E-state index in [0.29, 0.717) is 11.1 Å². The van der Waals surface area contributed by atoms with E-state index in [1.165, 1.54) is 6.07 Å². The van der Waals surface area contributed by atoms with Crippen LogP contribution in [0.25, 0.3) is 10.8 Å². The molecule has 1 nitrogen and oxygen atoms in total. The highest BCUT2D eigenvalue weighted by molar-refractivity contribution is 5.93. The maximum atomic E-state index is 13.3. The van der Waals surface area contributed by atoms with Crippen LogP contribution in [0.15, 0.2) is 30.3 Å². The zero-order valence-corrected chi connectivity index (χ0v) is 7.34. The van der Waals surface area contributed by atoms with Crippen molar-refractivity contribution in [2.45, 2.75) is 6.92 Å². The lowest BCUT2D eigenvalue weighted by molar-refractivity contribution is 0.640. The van der Waals surface area contributed by atoms with Crippen LogP contribution in [0.1, 0.15) is 5.56 Å². The summed E-state index contributed by atoms with van der Waals surface area (Å²) in [6.45, 7) is 1.93. The van der Waals surface area contributed by atoms with Crippen molar-refractivity contribution in [2.75, 3.05) is 5.73 Å². The number of anilines is 1. The summed E-state index contributed by atoms with van der Waals surface area (Å²) in [5.41, 5.74) is 7.37. The highest BCUT2D eigenvalue weighted by Gasteiger charge is 2.02.